The first-order valence-electron chi connectivity index (χ1n) is 4.70. The molecule has 0 aliphatic carbocycles. The number of aromatic nitrogens is 2. The van der Waals surface area contributed by atoms with E-state index in [1.807, 2.05) is 24.4 Å². The van der Waals surface area contributed by atoms with Gasteiger partial charge in [-0.25, -0.2) is 9.31 Å². The quantitative estimate of drug-likeness (QED) is 0.755. The van der Waals surface area contributed by atoms with Gasteiger partial charge in [-0.1, -0.05) is 6.07 Å². The van der Waals surface area contributed by atoms with E-state index in [2.05, 4.69) is 10.4 Å². The molecule has 5 nitrogen and oxygen atoms in total. The Morgan fingerprint density at radius 1 is 1.53 bits per heavy atom. The van der Waals surface area contributed by atoms with Gasteiger partial charge in [-0.15, -0.1) is 0 Å². The molecule has 1 aliphatic heterocycles. The molecule has 3 rings (SSSR count). The van der Waals surface area contributed by atoms with Crippen LogP contribution in [0.2, 0.25) is 0 Å². The molecule has 1 unspecified atom stereocenters. The summed E-state index contributed by atoms with van der Waals surface area (Å²) in [6.07, 6.45) is 3.26. The minimum atomic E-state index is -0.365. The molecule has 0 radical (unpaired) electrons. The van der Waals surface area contributed by atoms with Gasteiger partial charge in [0.2, 0.25) is 0 Å². The normalized spacial score (nSPS) is 20.3. The van der Waals surface area contributed by atoms with Crippen LogP contribution in [0, 0.1) is 0 Å². The van der Waals surface area contributed by atoms with E-state index in [4.69, 9.17) is 4.74 Å². The van der Waals surface area contributed by atoms with Gasteiger partial charge in [0.05, 0.1) is 17.8 Å². The van der Waals surface area contributed by atoms with E-state index in [9.17, 15) is 4.79 Å². The fourth-order valence-electron chi connectivity index (χ4n) is 1.77. The van der Waals surface area contributed by atoms with E-state index in [1.165, 1.54) is 0 Å². The highest BCUT2D eigenvalue weighted by atomic mass is 16.6. The number of fused-ring (bicyclic) bond motifs is 1. The Labute approximate surface area is 85.7 Å². The second-order valence-electron chi connectivity index (χ2n) is 3.43. The molecule has 1 atom stereocenters. The first kappa shape index (κ1) is 8.28. The molecule has 3 heterocycles. The summed E-state index contributed by atoms with van der Waals surface area (Å²) < 4.78 is 6.63. The number of ether oxygens (including phenoxy) is 1. The first-order chi connectivity index (χ1) is 7.34. The summed E-state index contributed by atoms with van der Waals surface area (Å²) >= 11 is 0. The lowest BCUT2D eigenvalue weighted by molar-refractivity contribution is 0.177. The topological polar surface area (TPSA) is 55.6 Å². The zero-order chi connectivity index (χ0) is 10.3. The Kier molecular flexibility index (Phi) is 1.65. The smallest absolute Gasteiger partial charge is 0.407 e. The molecular formula is C10H9N3O2. The number of amides is 1. The summed E-state index contributed by atoms with van der Waals surface area (Å²) in [6, 6.07) is 5.73. The molecule has 0 bridgehead atoms. The summed E-state index contributed by atoms with van der Waals surface area (Å²) in [5.74, 6) is 0. The Morgan fingerprint density at radius 2 is 2.47 bits per heavy atom. The van der Waals surface area contributed by atoms with E-state index in [0.717, 1.165) is 11.1 Å². The third kappa shape index (κ3) is 1.24. The fraction of sp³-hybridized carbons (Fsp3) is 0.200. The van der Waals surface area contributed by atoms with Gasteiger partial charge in [0.15, 0.2) is 0 Å². The number of cyclic esters (lactones) is 1. The highest BCUT2D eigenvalue weighted by Gasteiger charge is 2.26. The molecule has 5 heteroatoms. The number of carbonyl (C=O) groups excluding carboxylic acids is 1. The molecular weight excluding hydrogens is 194 g/mol. The van der Waals surface area contributed by atoms with Crippen LogP contribution in [0.1, 0.15) is 11.6 Å². The molecule has 0 aromatic carbocycles. The number of hydrogen-bond acceptors (Lipinski definition) is 3. The van der Waals surface area contributed by atoms with Crippen LogP contribution in [0.15, 0.2) is 30.6 Å². The number of alkyl carbamates (subject to hydrolysis) is 1. The van der Waals surface area contributed by atoms with E-state index >= 15 is 0 Å². The zero-order valence-electron chi connectivity index (χ0n) is 7.88. The molecule has 1 aliphatic rings. The van der Waals surface area contributed by atoms with Crippen LogP contribution >= 0.6 is 0 Å². The van der Waals surface area contributed by atoms with Crippen molar-refractivity contribution in [3.8, 4) is 0 Å². The van der Waals surface area contributed by atoms with Crippen molar-refractivity contribution in [2.45, 2.75) is 6.04 Å². The number of hydrogen-bond donors (Lipinski definition) is 1. The van der Waals surface area contributed by atoms with Crippen LogP contribution in [0.4, 0.5) is 4.79 Å². The largest absolute Gasteiger partial charge is 0.447 e. The van der Waals surface area contributed by atoms with E-state index in [-0.39, 0.29) is 12.1 Å². The Morgan fingerprint density at radius 3 is 3.27 bits per heavy atom. The maximum Gasteiger partial charge on any atom is 0.407 e. The minimum absolute atomic E-state index is 0.0857. The van der Waals surface area contributed by atoms with Crippen molar-refractivity contribution in [1.29, 1.82) is 0 Å². The van der Waals surface area contributed by atoms with Crippen LogP contribution in [-0.2, 0) is 4.74 Å². The van der Waals surface area contributed by atoms with Crippen molar-refractivity contribution >= 4 is 11.6 Å². The molecule has 2 aromatic heterocycles. The van der Waals surface area contributed by atoms with Crippen LogP contribution in [0.3, 0.4) is 0 Å². The lowest BCUT2D eigenvalue weighted by Gasteiger charge is -2.04. The van der Waals surface area contributed by atoms with Gasteiger partial charge in [0.25, 0.3) is 0 Å². The van der Waals surface area contributed by atoms with Crippen molar-refractivity contribution in [2.24, 2.45) is 0 Å². The van der Waals surface area contributed by atoms with Gasteiger partial charge in [-0.2, -0.15) is 5.10 Å². The lowest BCUT2D eigenvalue weighted by atomic mass is 10.1. The van der Waals surface area contributed by atoms with E-state index < -0.39 is 0 Å². The van der Waals surface area contributed by atoms with Crippen molar-refractivity contribution in [2.75, 3.05) is 6.61 Å². The predicted octanol–water partition coefficient (Wildman–Crippen LogP) is 1.12. The second kappa shape index (κ2) is 2.98. The van der Waals surface area contributed by atoms with Crippen molar-refractivity contribution in [3.05, 3.63) is 36.2 Å². The SMILES string of the molecule is O=C1NC(c2cnn3ccccc23)CO1. The molecule has 1 amide bonds. The zero-order valence-corrected chi connectivity index (χ0v) is 7.88. The maximum absolute atomic E-state index is 10.9. The standard InChI is InChI=1S/C10H9N3O2/c14-10-12-8(6-15-10)7-5-11-13-4-2-1-3-9(7)13/h1-5,8H,6H2,(H,12,14). The molecule has 15 heavy (non-hydrogen) atoms. The summed E-state index contributed by atoms with van der Waals surface area (Å²) in [5.41, 5.74) is 1.98. The van der Waals surface area contributed by atoms with Crippen molar-refractivity contribution in [1.82, 2.24) is 14.9 Å². The molecule has 1 fully saturated rings. The summed E-state index contributed by atoms with van der Waals surface area (Å²) in [6.45, 7) is 0.370. The highest BCUT2D eigenvalue weighted by Crippen LogP contribution is 2.22. The Hall–Kier alpha value is -2.04. The van der Waals surface area contributed by atoms with Gasteiger partial charge in [-0.05, 0) is 12.1 Å². The summed E-state index contributed by atoms with van der Waals surface area (Å²) in [5, 5.41) is 6.93. The highest BCUT2D eigenvalue weighted by molar-refractivity contribution is 5.71. The minimum Gasteiger partial charge on any atom is -0.447 e. The van der Waals surface area contributed by atoms with Crippen LogP contribution < -0.4 is 5.32 Å². The van der Waals surface area contributed by atoms with Gasteiger partial charge in [-0.3, -0.25) is 0 Å². The number of pyridine rings is 1. The molecule has 1 N–H and O–H groups in total. The molecule has 1 saturated heterocycles. The molecule has 0 saturated carbocycles. The molecule has 2 aromatic rings. The van der Waals surface area contributed by atoms with E-state index in [1.54, 1.807) is 10.7 Å². The lowest BCUT2D eigenvalue weighted by Crippen LogP contribution is -2.18. The third-order valence-electron chi connectivity index (χ3n) is 2.50. The molecule has 0 spiro atoms. The number of nitrogens with zero attached hydrogens (tertiary/aromatic N) is 2. The van der Waals surface area contributed by atoms with Crippen molar-refractivity contribution < 1.29 is 9.53 Å². The van der Waals surface area contributed by atoms with Gasteiger partial charge < -0.3 is 10.1 Å². The number of nitrogens with one attached hydrogen (secondary N) is 1. The Bertz CT molecular complexity index is 520. The van der Waals surface area contributed by atoms with Crippen LogP contribution in [-0.4, -0.2) is 22.3 Å². The Balaban J connectivity index is 2.07. The number of carbonyl (C=O) groups is 1. The van der Waals surface area contributed by atoms with E-state index in [0.29, 0.717) is 6.61 Å². The first-order valence-corrected chi connectivity index (χ1v) is 4.70. The second-order valence-corrected chi connectivity index (χ2v) is 3.43. The monoisotopic (exact) mass is 203 g/mol. The van der Waals surface area contributed by atoms with Crippen molar-refractivity contribution in [3.63, 3.8) is 0 Å². The average molecular weight is 203 g/mol. The summed E-state index contributed by atoms with van der Waals surface area (Å²) in [4.78, 5) is 10.9. The van der Waals surface area contributed by atoms with Crippen LogP contribution in [0.25, 0.3) is 5.52 Å². The summed E-state index contributed by atoms with van der Waals surface area (Å²) in [7, 11) is 0. The van der Waals surface area contributed by atoms with Crippen LogP contribution in [0.5, 0.6) is 0 Å². The van der Waals surface area contributed by atoms with Gasteiger partial charge in [0.1, 0.15) is 6.61 Å². The maximum atomic E-state index is 10.9. The average Bonchev–Trinajstić information content (AvgIpc) is 2.83. The predicted molar refractivity (Wildman–Crippen MR) is 52.4 cm³/mol. The van der Waals surface area contributed by atoms with Gasteiger partial charge >= 0.3 is 6.09 Å². The fourth-order valence-corrected chi connectivity index (χ4v) is 1.77. The van der Waals surface area contributed by atoms with Gasteiger partial charge in [0, 0.05) is 11.8 Å². The number of rotatable bonds is 1. The third-order valence-corrected chi connectivity index (χ3v) is 2.50. The molecule has 76 valence electrons.